The van der Waals surface area contributed by atoms with E-state index < -0.39 is 0 Å². The van der Waals surface area contributed by atoms with Gasteiger partial charge in [0.15, 0.2) is 5.84 Å². The van der Waals surface area contributed by atoms with Gasteiger partial charge in [-0.2, -0.15) is 0 Å². The molecule has 0 saturated carbocycles. The maximum atomic E-state index is 13.5. The first-order valence-corrected chi connectivity index (χ1v) is 11.1. The lowest BCUT2D eigenvalue weighted by atomic mass is 10.0. The lowest BCUT2D eigenvalue weighted by Gasteiger charge is -2.35. The fourth-order valence-corrected chi connectivity index (χ4v) is 4.92. The Hall–Kier alpha value is -2.77. The maximum absolute atomic E-state index is 13.5. The second-order valence-electron chi connectivity index (χ2n) is 7.75. The Balaban J connectivity index is 0.00000231. The smallest absolute Gasteiger partial charge is 0.158 e. The van der Waals surface area contributed by atoms with E-state index in [1.165, 1.54) is 6.07 Å². The molecule has 7 heteroatoms. The van der Waals surface area contributed by atoms with Gasteiger partial charge >= 0.3 is 0 Å². The van der Waals surface area contributed by atoms with E-state index in [9.17, 15) is 4.39 Å². The number of thiazole rings is 1. The Morgan fingerprint density at radius 1 is 1.23 bits per heavy atom. The topological polar surface area (TPSA) is 52.6 Å². The standard InChI is InChI=1S/C23H24FN5S.H2/c1-15-26-21-22(27-19-7-2-3-8-20(19)28-23(21)30-15)29-12-11-25-18(14-29)10-9-16-5-4-6-17(24)13-16;/h2-8,13,18,25,28H,9-12,14H2,1H3;1H/t18-;/m0./s1. The summed E-state index contributed by atoms with van der Waals surface area (Å²) in [6.07, 6.45) is 1.80. The van der Waals surface area contributed by atoms with Crippen LogP contribution in [0.25, 0.3) is 0 Å². The van der Waals surface area contributed by atoms with E-state index in [2.05, 4.69) is 21.6 Å². The largest absolute Gasteiger partial charge is 0.352 e. The fourth-order valence-electron chi connectivity index (χ4n) is 4.09. The van der Waals surface area contributed by atoms with Crippen LogP contribution in [0.5, 0.6) is 0 Å². The van der Waals surface area contributed by atoms with Crippen molar-refractivity contribution in [1.82, 2.24) is 15.2 Å². The van der Waals surface area contributed by atoms with Crippen molar-refractivity contribution < 1.29 is 5.82 Å². The molecule has 0 radical (unpaired) electrons. The monoisotopic (exact) mass is 423 g/mol. The molecule has 0 aliphatic carbocycles. The number of anilines is 2. The highest BCUT2D eigenvalue weighted by Crippen LogP contribution is 2.37. The van der Waals surface area contributed by atoms with Crippen molar-refractivity contribution in [2.45, 2.75) is 25.8 Å². The van der Waals surface area contributed by atoms with Crippen LogP contribution >= 0.6 is 11.3 Å². The molecule has 1 atom stereocenters. The van der Waals surface area contributed by atoms with Crippen LogP contribution in [-0.2, 0) is 6.42 Å². The number of halogens is 1. The van der Waals surface area contributed by atoms with Gasteiger partial charge in [-0.25, -0.2) is 14.4 Å². The lowest BCUT2D eigenvalue weighted by Crippen LogP contribution is -2.53. The van der Waals surface area contributed by atoms with Gasteiger partial charge in [0, 0.05) is 27.1 Å². The molecule has 5 nitrogen and oxygen atoms in total. The third kappa shape index (κ3) is 3.95. The molecule has 3 aromatic rings. The van der Waals surface area contributed by atoms with Crippen LogP contribution in [0.15, 0.2) is 53.5 Å². The van der Waals surface area contributed by atoms with E-state index in [4.69, 9.17) is 9.98 Å². The minimum atomic E-state index is -0.170. The number of para-hydroxylation sites is 2. The van der Waals surface area contributed by atoms with Gasteiger partial charge in [-0.1, -0.05) is 24.3 Å². The first-order chi connectivity index (χ1) is 14.7. The van der Waals surface area contributed by atoms with Gasteiger partial charge in [0.2, 0.25) is 0 Å². The van der Waals surface area contributed by atoms with Crippen molar-refractivity contribution in [3.8, 4) is 0 Å². The third-order valence-electron chi connectivity index (χ3n) is 5.55. The number of benzene rings is 2. The molecule has 0 spiro atoms. The molecular weight excluding hydrogens is 397 g/mol. The molecular formula is C23H26FN5S. The van der Waals surface area contributed by atoms with E-state index in [0.29, 0.717) is 6.04 Å². The molecule has 0 amide bonds. The molecule has 3 heterocycles. The third-order valence-corrected chi connectivity index (χ3v) is 6.44. The van der Waals surface area contributed by atoms with E-state index in [0.717, 1.165) is 71.0 Å². The van der Waals surface area contributed by atoms with Crippen LogP contribution in [0.4, 0.5) is 20.8 Å². The zero-order chi connectivity index (χ0) is 20.5. The normalized spacial score (nSPS) is 18.1. The average Bonchev–Trinajstić information content (AvgIpc) is 3.04. The molecule has 1 fully saturated rings. The molecule has 30 heavy (non-hydrogen) atoms. The van der Waals surface area contributed by atoms with Crippen LogP contribution in [0.2, 0.25) is 0 Å². The Labute approximate surface area is 181 Å². The van der Waals surface area contributed by atoms with Crippen LogP contribution in [0.1, 0.15) is 24.1 Å². The van der Waals surface area contributed by atoms with Gasteiger partial charge < -0.3 is 15.5 Å². The quantitative estimate of drug-likeness (QED) is 0.631. The summed E-state index contributed by atoms with van der Waals surface area (Å²) in [6, 6.07) is 15.3. The summed E-state index contributed by atoms with van der Waals surface area (Å²) in [5, 5.41) is 9.21. The maximum Gasteiger partial charge on any atom is 0.158 e. The summed E-state index contributed by atoms with van der Waals surface area (Å²) >= 11 is 1.66. The SMILES string of the molecule is Cc1nc2c(s1)Nc1ccccc1N=C2N1CCN[C@@H](CCc2cccc(F)c2)C1.[HH]. The number of nitrogens with one attached hydrogen (secondary N) is 2. The number of aromatic nitrogens is 1. The molecule has 0 bridgehead atoms. The lowest BCUT2D eigenvalue weighted by molar-refractivity contribution is 0.282. The second-order valence-corrected chi connectivity index (χ2v) is 8.96. The highest BCUT2D eigenvalue weighted by molar-refractivity contribution is 7.16. The molecule has 156 valence electrons. The zero-order valence-electron chi connectivity index (χ0n) is 16.9. The van der Waals surface area contributed by atoms with Gasteiger partial charge in [0.25, 0.3) is 0 Å². The minimum Gasteiger partial charge on any atom is -0.352 e. The number of hydrogen-bond acceptors (Lipinski definition) is 6. The number of aryl methyl sites for hydroxylation is 2. The predicted molar refractivity (Wildman–Crippen MR) is 123 cm³/mol. The van der Waals surface area contributed by atoms with Crippen molar-refractivity contribution in [3.05, 3.63) is 70.6 Å². The number of hydrogen-bond donors (Lipinski definition) is 2. The van der Waals surface area contributed by atoms with Gasteiger partial charge in [-0.05, 0) is 49.6 Å². The van der Waals surface area contributed by atoms with Crippen molar-refractivity contribution >= 4 is 33.5 Å². The molecule has 2 aromatic carbocycles. The van der Waals surface area contributed by atoms with Crippen molar-refractivity contribution in [1.29, 1.82) is 0 Å². The van der Waals surface area contributed by atoms with Crippen LogP contribution < -0.4 is 10.6 Å². The number of fused-ring (bicyclic) bond motifs is 2. The Morgan fingerprint density at radius 2 is 2.13 bits per heavy atom. The zero-order valence-corrected chi connectivity index (χ0v) is 17.7. The van der Waals surface area contributed by atoms with E-state index in [-0.39, 0.29) is 7.24 Å². The van der Waals surface area contributed by atoms with Crippen LogP contribution in [-0.4, -0.2) is 41.4 Å². The van der Waals surface area contributed by atoms with Gasteiger partial charge in [0.1, 0.15) is 16.5 Å². The highest BCUT2D eigenvalue weighted by atomic mass is 32.1. The Bertz CT molecular complexity index is 1100. The van der Waals surface area contributed by atoms with E-state index >= 15 is 0 Å². The number of rotatable bonds is 3. The molecule has 2 aliphatic heterocycles. The van der Waals surface area contributed by atoms with Crippen molar-refractivity contribution in [3.63, 3.8) is 0 Å². The molecule has 5 rings (SSSR count). The van der Waals surface area contributed by atoms with E-state index in [1.54, 1.807) is 23.5 Å². The van der Waals surface area contributed by atoms with Crippen LogP contribution in [0.3, 0.4) is 0 Å². The van der Waals surface area contributed by atoms with E-state index in [1.807, 2.05) is 31.2 Å². The highest BCUT2D eigenvalue weighted by Gasteiger charge is 2.28. The van der Waals surface area contributed by atoms with Gasteiger partial charge in [-0.15, -0.1) is 11.3 Å². The summed E-state index contributed by atoms with van der Waals surface area (Å²) in [6.45, 7) is 4.66. The molecule has 0 unspecified atom stereocenters. The summed E-state index contributed by atoms with van der Waals surface area (Å²) in [5.41, 5.74) is 3.91. The molecule has 2 N–H and O–H groups in total. The molecule has 1 aromatic heterocycles. The van der Waals surface area contributed by atoms with Crippen LogP contribution in [0, 0.1) is 12.7 Å². The predicted octanol–water partition coefficient (Wildman–Crippen LogP) is 4.88. The fraction of sp³-hybridized carbons (Fsp3) is 0.304. The average molecular weight is 424 g/mol. The summed E-state index contributed by atoms with van der Waals surface area (Å²) in [7, 11) is 0. The first kappa shape index (κ1) is 19.2. The Kier molecular flexibility index (Phi) is 5.23. The summed E-state index contributed by atoms with van der Waals surface area (Å²) < 4.78 is 13.5. The number of amidine groups is 1. The molecule has 1 saturated heterocycles. The number of aliphatic imine (C=N–C) groups is 1. The number of piperazine rings is 1. The van der Waals surface area contributed by atoms with Gasteiger partial charge in [0.05, 0.1) is 16.4 Å². The minimum absolute atomic E-state index is 0. The first-order valence-electron chi connectivity index (χ1n) is 10.3. The summed E-state index contributed by atoms with van der Waals surface area (Å²) in [4.78, 5) is 12.2. The Morgan fingerprint density at radius 3 is 3.03 bits per heavy atom. The second kappa shape index (κ2) is 8.16. The number of nitrogens with zero attached hydrogens (tertiary/aromatic N) is 3. The molecule has 2 aliphatic rings. The van der Waals surface area contributed by atoms with Crippen molar-refractivity contribution in [2.75, 3.05) is 25.0 Å². The van der Waals surface area contributed by atoms with Crippen molar-refractivity contribution in [2.24, 2.45) is 4.99 Å². The summed E-state index contributed by atoms with van der Waals surface area (Å²) in [5.74, 6) is 0.764. The van der Waals surface area contributed by atoms with Gasteiger partial charge in [-0.3, -0.25) is 0 Å².